The van der Waals surface area contributed by atoms with E-state index in [4.69, 9.17) is 32.7 Å². The summed E-state index contributed by atoms with van der Waals surface area (Å²) in [6.07, 6.45) is 0. The maximum absolute atomic E-state index is 13.1. The predicted octanol–water partition coefficient (Wildman–Crippen LogP) is 4.59. The summed E-state index contributed by atoms with van der Waals surface area (Å²) in [5, 5.41) is 0.577. The van der Waals surface area contributed by atoms with E-state index in [9.17, 15) is 18.6 Å². The van der Waals surface area contributed by atoms with Crippen LogP contribution in [0.25, 0.3) is 0 Å². The van der Waals surface area contributed by atoms with E-state index in [-0.39, 0.29) is 16.3 Å². The van der Waals surface area contributed by atoms with Crippen molar-refractivity contribution in [2.75, 3.05) is 13.7 Å². The number of benzene rings is 2. The number of halogens is 3. The standard InChI is InChI=1S/C16H14Cl2FO6P/c1-23-26(21,22)16(10-2-5-12(19)6-3-10)25-15(20)9-24-14-7-4-11(17)8-13(14)18/h2-8,16H,9H2,1H3,(H,21,22). The zero-order valence-electron chi connectivity index (χ0n) is 13.4. The van der Waals surface area contributed by atoms with E-state index >= 15 is 0 Å². The molecule has 0 saturated carbocycles. The number of carbonyl (C=O) groups is 1. The van der Waals surface area contributed by atoms with Crippen molar-refractivity contribution >= 4 is 36.8 Å². The van der Waals surface area contributed by atoms with Crippen LogP contribution in [0.15, 0.2) is 42.5 Å². The normalized spacial score (nSPS) is 14.3. The number of carbonyl (C=O) groups excluding carboxylic acids is 1. The van der Waals surface area contributed by atoms with E-state index in [0.717, 1.165) is 19.2 Å². The second-order valence-corrected chi connectivity index (χ2v) is 7.81. The molecule has 6 nitrogen and oxygen atoms in total. The van der Waals surface area contributed by atoms with E-state index in [1.807, 2.05) is 0 Å². The minimum atomic E-state index is -4.35. The molecule has 2 atom stereocenters. The van der Waals surface area contributed by atoms with Crippen LogP contribution in [-0.4, -0.2) is 24.6 Å². The van der Waals surface area contributed by atoms with Gasteiger partial charge in [-0.15, -0.1) is 0 Å². The molecule has 0 spiro atoms. The van der Waals surface area contributed by atoms with Gasteiger partial charge < -0.3 is 18.9 Å². The minimum Gasteiger partial charge on any atom is -0.480 e. The Morgan fingerprint density at radius 2 is 1.88 bits per heavy atom. The van der Waals surface area contributed by atoms with Gasteiger partial charge in [-0.25, -0.2) is 9.18 Å². The Labute approximate surface area is 158 Å². The van der Waals surface area contributed by atoms with Crippen molar-refractivity contribution in [2.45, 2.75) is 5.85 Å². The van der Waals surface area contributed by atoms with Gasteiger partial charge in [0.25, 0.3) is 0 Å². The van der Waals surface area contributed by atoms with Gasteiger partial charge in [-0.1, -0.05) is 35.3 Å². The van der Waals surface area contributed by atoms with E-state index in [2.05, 4.69) is 4.52 Å². The van der Waals surface area contributed by atoms with Crippen LogP contribution in [0.3, 0.4) is 0 Å². The van der Waals surface area contributed by atoms with Crippen LogP contribution >= 0.6 is 30.8 Å². The zero-order chi connectivity index (χ0) is 19.3. The first-order valence-electron chi connectivity index (χ1n) is 7.14. The van der Waals surface area contributed by atoms with Gasteiger partial charge >= 0.3 is 13.6 Å². The van der Waals surface area contributed by atoms with E-state index in [0.29, 0.717) is 5.02 Å². The lowest BCUT2D eigenvalue weighted by Crippen LogP contribution is -2.19. The zero-order valence-corrected chi connectivity index (χ0v) is 15.8. The molecule has 26 heavy (non-hydrogen) atoms. The fourth-order valence-electron chi connectivity index (χ4n) is 1.93. The predicted molar refractivity (Wildman–Crippen MR) is 94.0 cm³/mol. The summed E-state index contributed by atoms with van der Waals surface area (Å²) in [7, 11) is -3.36. The van der Waals surface area contributed by atoms with Crippen LogP contribution in [0, 0.1) is 5.82 Å². The monoisotopic (exact) mass is 422 g/mol. The summed E-state index contributed by atoms with van der Waals surface area (Å²) in [6, 6.07) is 8.96. The SMILES string of the molecule is COP(=O)(O)C(OC(=O)COc1ccc(Cl)cc1Cl)c1ccc(F)cc1. The molecule has 0 aliphatic heterocycles. The number of hydrogen-bond donors (Lipinski definition) is 1. The Morgan fingerprint density at radius 3 is 2.46 bits per heavy atom. The highest BCUT2D eigenvalue weighted by Gasteiger charge is 2.36. The second kappa shape index (κ2) is 8.84. The van der Waals surface area contributed by atoms with Gasteiger partial charge in [0.1, 0.15) is 11.6 Å². The van der Waals surface area contributed by atoms with Crippen LogP contribution in [0.4, 0.5) is 4.39 Å². The van der Waals surface area contributed by atoms with E-state index < -0.39 is 31.8 Å². The Bertz CT molecular complexity index is 830. The highest BCUT2D eigenvalue weighted by Crippen LogP contribution is 2.56. The summed E-state index contributed by atoms with van der Waals surface area (Å²) in [5.74, 6) is -2.95. The molecule has 0 radical (unpaired) electrons. The Balaban J connectivity index is 2.11. The summed E-state index contributed by atoms with van der Waals surface area (Å²) in [6.45, 7) is -0.581. The molecule has 2 unspecified atom stereocenters. The fourth-order valence-corrected chi connectivity index (χ4v) is 3.39. The fraction of sp³-hybridized carbons (Fsp3) is 0.188. The quantitative estimate of drug-likeness (QED) is 0.519. The molecule has 0 aliphatic rings. The van der Waals surface area contributed by atoms with E-state index in [1.54, 1.807) is 0 Å². The summed E-state index contributed by atoms with van der Waals surface area (Å²) in [5.41, 5.74) is 0.0944. The maximum Gasteiger partial charge on any atom is 0.372 e. The Kier molecular flexibility index (Phi) is 7.03. The number of hydrogen-bond acceptors (Lipinski definition) is 5. The van der Waals surface area contributed by atoms with Crippen LogP contribution in [0.2, 0.25) is 10.0 Å². The topological polar surface area (TPSA) is 82.1 Å². The van der Waals surface area contributed by atoms with Crippen LogP contribution in [0.1, 0.15) is 11.4 Å². The molecule has 140 valence electrons. The molecule has 0 heterocycles. The Hall–Kier alpha value is -1.63. The third-order valence-electron chi connectivity index (χ3n) is 3.20. The molecule has 0 saturated heterocycles. The average Bonchev–Trinajstić information content (AvgIpc) is 2.59. The minimum absolute atomic E-state index is 0.0944. The summed E-state index contributed by atoms with van der Waals surface area (Å²) in [4.78, 5) is 21.9. The molecular formula is C16H14Cl2FO6P. The van der Waals surface area contributed by atoms with Gasteiger partial charge in [0, 0.05) is 17.7 Å². The van der Waals surface area contributed by atoms with Crippen molar-refractivity contribution in [3.05, 3.63) is 63.9 Å². The van der Waals surface area contributed by atoms with Crippen molar-refractivity contribution in [1.82, 2.24) is 0 Å². The third kappa shape index (κ3) is 5.43. The lowest BCUT2D eigenvalue weighted by Gasteiger charge is -2.22. The van der Waals surface area contributed by atoms with Gasteiger partial charge in [-0.05, 0) is 30.3 Å². The second-order valence-electron chi connectivity index (χ2n) is 5.00. The lowest BCUT2D eigenvalue weighted by atomic mass is 10.2. The highest BCUT2D eigenvalue weighted by molar-refractivity contribution is 7.53. The largest absolute Gasteiger partial charge is 0.480 e. The van der Waals surface area contributed by atoms with Crippen LogP contribution in [0.5, 0.6) is 5.75 Å². The van der Waals surface area contributed by atoms with Gasteiger partial charge in [-0.2, -0.15) is 0 Å². The highest BCUT2D eigenvalue weighted by atomic mass is 35.5. The molecular weight excluding hydrogens is 409 g/mol. The van der Waals surface area contributed by atoms with Gasteiger partial charge in [0.05, 0.1) is 5.02 Å². The molecule has 10 heteroatoms. The van der Waals surface area contributed by atoms with Crippen molar-refractivity contribution in [2.24, 2.45) is 0 Å². The first-order chi connectivity index (χ1) is 12.2. The van der Waals surface area contributed by atoms with Gasteiger partial charge in [0.2, 0.25) is 5.85 Å². The first kappa shape index (κ1) is 20.7. The summed E-state index contributed by atoms with van der Waals surface area (Å²) < 4.78 is 40.0. The molecule has 0 aromatic heterocycles. The molecule has 0 fully saturated rings. The van der Waals surface area contributed by atoms with Crippen LogP contribution < -0.4 is 4.74 Å². The lowest BCUT2D eigenvalue weighted by molar-refractivity contribution is -0.149. The van der Waals surface area contributed by atoms with Gasteiger partial charge in [0.15, 0.2) is 6.61 Å². The Morgan fingerprint density at radius 1 is 1.23 bits per heavy atom. The van der Waals surface area contributed by atoms with Crippen molar-refractivity contribution in [1.29, 1.82) is 0 Å². The maximum atomic E-state index is 13.1. The number of ether oxygens (including phenoxy) is 2. The molecule has 0 aliphatic carbocycles. The van der Waals surface area contributed by atoms with Crippen molar-refractivity contribution in [3.63, 3.8) is 0 Å². The third-order valence-corrected chi connectivity index (χ3v) is 5.25. The average molecular weight is 423 g/mol. The molecule has 1 N–H and O–H groups in total. The molecule has 0 amide bonds. The van der Waals surface area contributed by atoms with Crippen molar-refractivity contribution < 1.29 is 32.6 Å². The molecule has 2 aromatic rings. The molecule has 2 rings (SSSR count). The smallest absolute Gasteiger partial charge is 0.372 e. The number of rotatable bonds is 7. The molecule has 0 bridgehead atoms. The summed E-state index contributed by atoms with van der Waals surface area (Å²) >= 11 is 11.7. The number of esters is 1. The molecule has 2 aromatic carbocycles. The van der Waals surface area contributed by atoms with Crippen molar-refractivity contribution in [3.8, 4) is 5.75 Å². The first-order valence-corrected chi connectivity index (χ1v) is 9.54. The van der Waals surface area contributed by atoms with Gasteiger partial charge in [-0.3, -0.25) is 4.57 Å². The van der Waals surface area contributed by atoms with Crippen LogP contribution in [-0.2, 0) is 18.6 Å². The van der Waals surface area contributed by atoms with E-state index in [1.165, 1.54) is 30.3 Å².